The van der Waals surface area contributed by atoms with Crippen molar-refractivity contribution in [1.29, 1.82) is 0 Å². The lowest BCUT2D eigenvalue weighted by Gasteiger charge is -1.97. The second kappa shape index (κ2) is 4.49. The van der Waals surface area contributed by atoms with E-state index < -0.39 is 0 Å². The minimum Gasteiger partial charge on any atom is -0.341 e. The molecule has 0 saturated carbocycles. The molecule has 2 amide bonds. The number of amides is 2. The third kappa shape index (κ3) is 2.77. The molecule has 13 heavy (non-hydrogen) atoms. The van der Waals surface area contributed by atoms with Gasteiger partial charge in [0.2, 0.25) is 0 Å². The van der Waals surface area contributed by atoms with Gasteiger partial charge in [0.05, 0.1) is 0 Å². The van der Waals surface area contributed by atoms with Crippen molar-refractivity contribution in [3.63, 3.8) is 0 Å². The second-order valence-corrected chi connectivity index (χ2v) is 2.73. The normalized spacial score (nSPS) is 9.69. The zero-order chi connectivity index (χ0) is 9.68. The van der Waals surface area contributed by atoms with E-state index in [1.54, 1.807) is 7.05 Å². The number of carbonyl (C=O) groups is 1. The summed E-state index contributed by atoms with van der Waals surface area (Å²) in [5.41, 5.74) is 1.04. The molecule has 72 valence electrons. The highest BCUT2D eigenvalue weighted by atomic mass is 16.2. The summed E-state index contributed by atoms with van der Waals surface area (Å²) in [5, 5.41) is 11.8. The van der Waals surface area contributed by atoms with Gasteiger partial charge in [0.15, 0.2) is 5.82 Å². The number of nitrogens with zero attached hydrogens (tertiary/aromatic N) is 1. The lowest BCUT2D eigenvalue weighted by Crippen LogP contribution is -2.24. The fourth-order valence-corrected chi connectivity index (χ4v) is 1.00. The van der Waals surface area contributed by atoms with E-state index in [-0.39, 0.29) is 6.03 Å². The number of aryl methyl sites for hydroxylation is 1. The molecule has 0 atom stereocenters. The van der Waals surface area contributed by atoms with E-state index in [1.165, 1.54) is 0 Å². The number of aromatic amines is 1. The molecule has 0 spiro atoms. The summed E-state index contributed by atoms with van der Waals surface area (Å²) in [6.45, 7) is 2.09. The van der Waals surface area contributed by atoms with E-state index in [9.17, 15) is 4.79 Å². The minimum atomic E-state index is -0.255. The van der Waals surface area contributed by atoms with Crippen LogP contribution in [-0.2, 0) is 6.42 Å². The Hall–Kier alpha value is -1.52. The number of nitrogens with one attached hydrogen (secondary N) is 3. The molecular formula is C8H14N4O. The minimum absolute atomic E-state index is 0.255. The summed E-state index contributed by atoms with van der Waals surface area (Å²) in [7, 11) is 1.56. The number of anilines is 1. The molecule has 1 aromatic rings. The fourth-order valence-electron chi connectivity index (χ4n) is 1.00. The predicted octanol–water partition coefficient (Wildman–Crippen LogP) is 1.11. The van der Waals surface area contributed by atoms with Crippen molar-refractivity contribution in [2.75, 3.05) is 12.4 Å². The number of urea groups is 1. The largest absolute Gasteiger partial charge is 0.341 e. The Morgan fingerprint density at radius 1 is 1.69 bits per heavy atom. The lowest BCUT2D eigenvalue weighted by molar-refractivity contribution is 0.254. The van der Waals surface area contributed by atoms with Crippen LogP contribution in [0.4, 0.5) is 10.6 Å². The highest BCUT2D eigenvalue weighted by Crippen LogP contribution is 2.06. The molecule has 5 nitrogen and oxygen atoms in total. The molecule has 0 aliphatic heterocycles. The van der Waals surface area contributed by atoms with E-state index in [2.05, 4.69) is 27.8 Å². The standard InChI is InChI=1S/C8H14N4O/c1-3-4-6-5-7(12-11-6)10-8(13)9-2/h5H,3-4H2,1-2H3,(H3,9,10,11,12,13). The van der Waals surface area contributed by atoms with E-state index in [0.29, 0.717) is 5.82 Å². The average molecular weight is 182 g/mol. The number of H-pyrrole nitrogens is 1. The van der Waals surface area contributed by atoms with Crippen LogP contribution in [0.1, 0.15) is 19.0 Å². The quantitative estimate of drug-likeness (QED) is 0.655. The molecule has 0 aliphatic rings. The lowest BCUT2D eigenvalue weighted by atomic mass is 10.2. The van der Waals surface area contributed by atoms with Crippen molar-refractivity contribution in [1.82, 2.24) is 15.5 Å². The monoisotopic (exact) mass is 182 g/mol. The number of hydrogen-bond acceptors (Lipinski definition) is 2. The fraction of sp³-hybridized carbons (Fsp3) is 0.500. The maximum Gasteiger partial charge on any atom is 0.320 e. The number of carbonyl (C=O) groups excluding carboxylic acids is 1. The van der Waals surface area contributed by atoms with Gasteiger partial charge < -0.3 is 5.32 Å². The highest BCUT2D eigenvalue weighted by molar-refractivity contribution is 5.87. The first-order chi connectivity index (χ1) is 6.26. The maximum atomic E-state index is 10.9. The molecule has 1 rings (SSSR count). The highest BCUT2D eigenvalue weighted by Gasteiger charge is 2.02. The van der Waals surface area contributed by atoms with Crippen molar-refractivity contribution in [3.05, 3.63) is 11.8 Å². The van der Waals surface area contributed by atoms with Crippen LogP contribution in [-0.4, -0.2) is 23.3 Å². The van der Waals surface area contributed by atoms with Crippen molar-refractivity contribution >= 4 is 11.8 Å². The van der Waals surface area contributed by atoms with Crippen LogP contribution in [0.2, 0.25) is 0 Å². The Labute approximate surface area is 76.9 Å². The Balaban J connectivity index is 2.53. The Kier molecular flexibility index (Phi) is 3.31. The Bertz CT molecular complexity index is 281. The molecule has 0 radical (unpaired) electrons. The number of hydrogen-bond donors (Lipinski definition) is 3. The summed E-state index contributed by atoms with van der Waals surface area (Å²) < 4.78 is 0. The molecule has 1 aromatic heterocycles. The second-order valence-electron chi connectivity index (χ2n) is 2.73. The molecule has 0 unspecified atom stereocenters. The third-order valence-corrected chi connectivity index (χ3v) is 1.62. The number of rotatable bonds is 3. The van der Waals surface area contributed by atoms with Crippen molar-refractivity contribution < 1.29 is 4.79 Å². The Morgan fingerprint density at radius 2 is 2.46 bits per heavy atom. The van der Waals surface area contributed by atoms with Gasteiger partial charge in [0, 0.05) is 18.8 Å². The van der Waals surface area contributed by atoms with Gasteiger partial charge in [-0.15, -0.1) is 0 Å². The summed E-state index contributed by atoms with van der Waals surface area (Å²) in [5.74, 6) is 0.558. The topological polar surface area (TPSA) is 69.8 Å². The summed E-state index contributed by atoms with van der Waals surface area (Å²) in [6, 6.07) is 1.58. The van der Waals surface area contributed by atoms with Gasteiger partial charge in [-0.1, -0.05) is 13.3 Å². The first kappa shape index (κ1) is 9.57. The van der Waals surface area contributed by atoms with Gasteiger partial charge in [-0.2, -0.15) is 5.10 Å². The molecule has 3 N–H and O–H groups in total. The zero-order valence-electron chi connectivity index (χ0n) is 7.85. The first-order valence-corrected chi connectivity index (χ1v) is 4.29. The molecule has 0 aromatic carbocycles. The summed E-state index contributed by atoms with van der Waals surface area (Å²) in [4.78, 5) is 10.9. The van der Waals surface area contributed by atoms with Crippen LogP contribution in [0.3, 0.4) is 0 Å². The van der Waals surface area contributed by atoms with Gasteiger partial charge >= 0.3 is 6.03 Å². The van der Waals surface area contributed by atoms with E-state index in [4.69, 9.17) is 0 Å². The summed E-state index contributed by atoms with van der Waals surface area (Å²) in [6.07, 6.45) is 2.00. The van der Waals surface area contributed by atoms with Crippen molar-refractivity contribution in [3.8, 4) is 0 Å². The van der Waals surface area contributed by atoms with E-state index in [0.717, 1.165) is 18.5 Å². The molecule has 0 fully saturated rings. The van der Waals surface area contributed by atoms with E-state index in [1.807, 2.05) is 6.07 Å². The molecule has 5 heteroatoms. The van der Waals surface area contributed by atoms with Gasteiger partial charge in [-0.25, -0.2) is 4.79 Å². The molecule has 0 aliphatic carbocycles. The van der Waals surface area contributed by atoms with Crippen molar-refractivity contribution in [2.45, 2.75) is 19.8 Å². The van der Waals surface area contributed by atoms with Gasteiger partial charge in [0.1, 0.15) is 0 Å². The molecule has 0 saturated heterocycles. The van der Waals surface area contributed by atoms with Crippen LogP contribution in [0.15, 0.2) is 6.07 Å². The summed E-state index contributed by atoms with van der Waals surface area (Å²) >= 11 is 0. The first-order valence-electron chi connectivity index (χ1n) is 4.29. The van der Waals surface area contributed by atoms with Gasteiger partial charge in [-0.05, 0) is 6.42 Å². The maximum absolute atomic E-state index is 10.9. The number of aromatic nitrogens is 2. The molecule has 0 bridgehead atoms. The predicted molar refractivity (Wildman–Crippen MR) is 50.7 cm³/mol. The van der Waals surface area contributed by atoms with Crippen LogP contribution >= 0.6 is 0 Å². The Morgan fingerprint density at radius 3 is 3.08 bits per heavy atom. The molecular weight excluding hydrogens is 168 g/mol. The van der Waals surface area contributed by atoms with Crippen LogP contribution in [0.5, 0.6) is 0 Å². The van der Waals surface area contributed by atoms with Gasteiger partial charge in [0.25, 0.3) is 0 Å². The van der Waals surface area contributed by atoms with Crippen molar-refractivity contribution in [2.24, 2.45) is 0 Å². The van der Waals surface area contributed by atoms with Crippen LogP contribution < -0.4 is 10.6 Å². The van der Waals surface area contributed by atoms with Crippen LogP contribution in [0, 0.1) is 0 Å². The van der Waals surface area contributed by atoms with Crippen LogP contribution in [0.25, 0.3) is 0 Å². The zero-order valence-corrected chi connectivity index (χ0v) is 7.85. The third-order valence-electron chi connectivity index (χ3n) is 1.62. The van der Waals surface area contributed by atoms with Gasteiger partial charge in [-0.3, -0.25) is 10.4 Å². The smallest absolute Gasteiger partial charge is 0.320 e. The SMILES string of the molecule is CCCc1cc(NC(=O)NC)n[nH]1. The van der Waals surface area contributed by atoms with E-state index >= 15 is 0 Å². The molecule has 1 heterocycles. The average Bonchev–Trinajstić information content (AvgIpc) is 2.53.